The van der Waals surface area contributed by atoms with Crippen molar-refractivity contribution in [1.29, 1.82) is 0 Å². The minimum Gasteiger partial charge on any atom is -0.381 e. The molecule has 1 fully saturated rings. The fourth-order valence-electron chi connectivity index (χ4n) is 3.16. The summed E-state index contributed by atoms with van der Waals surface area (Å²) in [4.78, 5) is 0. The number of aryl methyl sites for hydroxylation is 2. The van der Waals surface area contributed by atoms with Gasteiger partial charge in [-0.2, -0.15) is 5.10 Å². The highest BCUT2D eigenvalue weighted by Crippen LogP contribution is 2.30. The van der Waals surface area contributed by atoms with Gasteiger partial charge < -0.3 is 15.2 Å². The van der Waals surface area contributed by atoms with Gasteiger partial charge >= 0.3 is 0 Å². The summed E-state index contributed by atoms with van der Waals surface area (Å²) in [6.07, 6.45) is 3.52. The molecule has 0 aromatic carbocycles. The van der Waals surface area contributed by atoms with Crippen LogP contribution in [0, 0.1) is 0 Å². The number of nitrogens with two attached hydrogens (primary N) is 1. The quantitative estimate of drug-likeness (QED) is 0.835. The standard InChI is InChI=1S/C16H29N3O2/c1-4-13-11-14(19(5-2)18-13)12-15(17)16(21-6-3)7-9-20-10-8-16/h11,15H,4-10,12,17H2,1-3H3. The summed E-state index contributed by atoms with van der Waals surface area (Å²) in [5.41, 5.74) is 8.66. The van der Waals surface area contributed by atoms with Crippen molar-refractivity contribution in [1.82, 2.24) is 9.78 Å². The molecule has 1 aliphatic heterocycles. The predicted molar refractivity (Wildman–Crippen MR) is 83.4 cm³/mol. The minimum atomic E-state index is -0.248. The zero-order valence-electron chi connectivity index (χ0n) is 13.6. The maximum Gasteiger partial charge on any atom is 0.0880 e. The molecule has 1 aromatic heterocycles. The SMILES string of the molecule is CCOC1(C(N)Cc2cc(CC)nn2CC)CCOCC1. The van der Waals surface area contributed by atoms with E-state index in [-0.39, 0.29) is 11.6 Å². The lowest BCUT2D eigenvalue weighted by Crippen LogP contribution is -2.54. The van der Waals surface area contributed by atoms with Crippen LogP contribution < -0.4 is 5.73 Å². The molecular weight excluding hydrogens is 266 g/mol. The van der Waals surface area contributed by atoms with Gasteiger partial charge in [-0.3, -0.25) is 4.68 Å². The molecule has 2 N–H and O–H groups in total. The van der Waals surface area contributed by atoms with E-state index < -0.39 is 0 Å². The molecule has 1 aromatic rings. The summed E-state index contributed by atoms with van der Waals surface area (Å²) in [5, 5.41) is 4.61. The van der Waals surface area contributed by atoms with E-state index in [0.29, 0.717) is 6.61 Å². The van der Waals surface area contributed by atoms with E-state index in [1.165, 1.54) is 5.69 Å². The summed E-state index contributed by atoms with van der Waals surface area (Å²) in [7, 11) is 0. The van der Waals surface area contributed by atoms with E-state index in [2.05, 4.69) is 29.7 Å². The number of aromatic nitrogens is 2. The molecule has 0 aliphatic carbocycles. The van der Waals surface area contributed by atoms with Crippen molar-refractivity contribution in [2.45, 2.75) is 64.6 Å². The molecule has 2 heterocycles. The van der Waals surface area contributed by atoms with Crippen molar-refractivity contribution >= 4 is 0 Å². The van der Waals surface area contributed by atoms with Crippen molar-refractivity contribution in [3.8, 4) is 0 Å². The lowest BCUT2D eigenvalue weighted by molar-refractivity contribution is -0.120. The van der Waals surface area contributed by atoms with Crippen molar-refractivity contribution in [3.63, 3.8) is 0 Å². The summed E-state index contributed by atoms with van der Waals surface area (Å²) in [5.74, 6) is 0. The average molecular weight is 295 g/mol. The number of ether oxygens (including phenoxy) is 2. The third-order valence-electron chi connectivity index (χ3n) is 4.45. The molecule has 5 nitrogen and oxygen atoms in total. The zero-order valence-corrected chi connectivity index (χ0v) is 13.6. The Labute approximate surface area is 127 Å². The molecule has 1 atom stereocenters. The van der Waals surface area contributed by atoms with Gasteiger partial charge in [0.2, 0.25) is 0 Å². The molecule has 0 bridgehead atoms. The third kappa shape index (κ3) is 3.65. The van der Waals surface area contributed by atoms with E-state index >= 15 is 0 Å². The fourth-order valence-corrected chi connectivity index (χ4v) is 3.16. The number of hydrogen-bond acceptors (Lipinski definition) is 4. The number of hydrogen-bond donors (Lipinski definition) is 1. The second-order valence-electron chi connectivity index (χ2n) is 5.72. The Morgan fingerprint density at radius 1 is 1.38 bits per heavy atom. The van der Waals surface area contributed by atoms with Crippen molar-refractivity contribution in [3.05, 3.63) is 17.5 Å². The molecule has 120 valence electrons. The van der Waals surface area contributed by atoms with Crippen LogP contribution in [0.3, 0.4) is 0 Å². The summed E-state index contributed by atoms with van der Waals surface area (Å²) >= 11 is 0. The van der Waals surface area contributed by atoms with Gasteiger partial charge in [0, 0.05) is 57.4 Å². The van der Waals surface area contributed by atoms with Crippen LogP contribution in [0.1, 0.15) is 45.0 Å². The van der Waals surface area contributed by atoms with Crippen LogP contribution in [-0.4, -0.2) is 41.2 Å². The van der Waals surface area contributed by atoms with Gasteiger partial charge in [-0.15, -0.1) is 0 Å². The first kappa shape index (κ1) is 16.5. The number of rotatable bonds is 7. The second kappa shape index (κ2) is 7.38. The molecule has 1 aliphatic rings. The Balaban J connectivity index is 2.14. The summed E-state index contributed by atoms with van der Waals surface area (Å²) < 4.78 is 13.6. The highest BCUT2D eigenvalue weighted by Gasteiger charge is 2.39. The normalized spacial score (nSPS) is 19.6. The van der Waals surface area contributed by atoms with Crippen LogP contribution in [0.25, 0.3) is 0 Å². The van der Waals surface area contributed by atoms with Crippen LogP contribution in [0.4, 0.5) is 0 Å². The Hall–Kier alpha value is -0.910. The van der Waals surface area contributed by atoms with Crippen molar-refractivity contribution in [2.75, 3.05) is 19.8 Å². The highest BCUT2D eigenvalue weighted by molar-refractivity contribution is 5.13. The first-order valence-electron chi connectivity index (χ1n) is 8.18. The highest BCUT2D eigenvalue weighted by atomic mass is 16.5. The average Bonchev–Trinajstić information content (AvgIpc) is 2.90. The van der Waals surface area contributed by atoms with Gasteiger partial charge in [0.25, 0.3) is 0 Å². The van der Waals surface area contributed by atoms with E-state index in [0.717, 1.165) is 51.1 Å². The largest absolute Gasteiger partial charge is 0.381 e. The molecular formula is C16H29N3O2. The minimum absolute atomic E-state index is 0.0203. The van der Waals surface area contributed by atoms with Gasteiger partial charge in [-0.05, 0) is 26.3 Å². The molecule has 0 radical (unpaired) electrons. The lowest BCUT2D eigenvalue weighted by Gasteiger charge is -2.41. The first-order chi connectivity index (χ1) is 10.1. The van der Waals surface area contributed by atoms with E-state index in [1.54, 1.807) is 0 Å². The fraction of sp³-hybridized carbons (Fsp3) is 0.812. The molecule has 21 heavy (non-hydrogen) atoms. The molecule has 0 spiro atoms. The number of nitrogens with zero attached hydrogens (tertiary/aromatic N) is 2. The molecule has 5 heteroatoms. The monoisotopic (exact) mass is 295 g/mol. The van der Waals surface area contributed by atoms with E-state index in [1.807, 2.05) is 6.92 Å². The van der Waals surface area contributed by atoms with Crippen LogP contribution in [-0.2, 0) is 28.9 Å². The van der Waals surface area contributed by atoms with Gasteiger partial charge in [0.15, 0.2) is 0 Å². The summed E-state index contributed by atoms with van der Waals surface area (Å²) in [6, 6.07) is 2.16. The maximum absolute atomic E-state index is 6.55. The van der Waals surface area contributed by atoms with Crippen LogP contribution in [0.5, 0.6) is 0 Å². The third-order valence-corrected chi connectivity index (χ3v) is 4.45. The predicted octanol–water partition coefficient (Wildman–Crippen LogP) is 1.92. The maximum atomic E-state index is 6.55. The topological polar surface area (TPSA) is 62.3 Å². The second-order valence-corrected chi connectivity index (χ2v) is 5.72. The van der Waals surface area contributed by atoms with Crippen molar-refractivity contribution in [2.24, 2.45) is 5.73 Å². The molecule has 0 saturated carbocycles. The zero-order chi connectivity index (χ0) is 15.3. The van der Waals surface area contributed by atoms with Gasteiger partial charge in [0.1, 0.15) is 0 Å². The summed E-state index contributed by atoms with van der Waals surface area (Å²) in [6.45, 7) is 9.34. The van der Waals surface area contributed by atoms with Crippen LogP contribution in [0.15, 0.2) is 6.07 Å². The molecule has 1 unspecified atom stereocenters. The molecule has 1 saturated heterocycles. The lowest BCUT2D eigenvalue weighted by atomic mass is 9.84. The first-order valence-corrected chi connectivity index (χ1v) is 8.18. The van der Waals surface area contributed by atoms with Gasteiger partial charge in [-0.1, -0.05) is 6.92 Å². The van der Waals surface area contributed by atoms with E-state index in [4.69, 9.17) is 15.2 Å². The van der Waals surface area contributed by atoms with Gasteiger partial charge in [0.05, 0.1) is 11.3 Å². The Morgan fingerprint density at radius 2 is 2.10 bits per heavy atom. The van der Waals surface area contributed by atoms with Gasteiger partial charge in [-0.25, -0.2) is 0 Å². The van der Waals surface area contributed by atoms with Crippen LogP contribution in [0.2, 0.25) is 0 Å². The molecule has 0 amide bonds. The Bertz CT molecular complexity index is 433. The molecule has 2 rings (SSSR count). The smallest absolute Gasteiger partial charge is 0.0880 e. The Morgan fingerprint density at radius 3 is 2.67 bits per heavy atom. The van der Waals surface area contributed by atoms with E-state index in [9.17, 15) is 0 Å². The Kier molecular flexibility index (Phi) is 5.79. The van der Waals surface area contributed by atoms with Crippen LogP contribution >= 0.6 is 0 Å². The van der Waals surface area contributed by atoms with Crippen molar-refractivity contribution < 1.29 is 9.47 Å².